The van der Waals surface area contributed by atoms with E-state index in [1.807, 2.05) is 53.2 Å². The van der Waals surface area contributed by atoms with Crippen LogP contribution in [0.25, 0.3) is 5.65 Å². The van der Waals surface area contributed by atoms with Crippen molar-refractivity contribution in [3.8, 4) is 0 Å². The summed E-state index contributed by atoms with van der Waals surface area (Å²) in [4.78, 5) is 56.2. The molecule has 0 saturated carbocycles. The van der Waals surface area contributed by atoms with Gasteiger partial charge in [0.15, 0.2) is 5.65 Å². The zero-order chi connectivity index (χ0) is 40.6. The molecular weight excluding hydrogens is 739 g/mol. The Morgan fingerprint density at radius 2 is 1.86 bits per heavy atom. The van der Waals surface area contributed by atoms with E-state index >= 15 is 0 Å². The van der Waals surface area contributed by atoms with Gasteiger partial charge in [0.05, 0.1) is 12.3 Å². The van der Waals surface area contributed by atoms with Crippen molar-refractivity contribution in [3.63, 3.8) is 0 Å². The van der Waals surface area contributed by atoms with Crippen LogP contribution in [0.5, 0.6) is 0 Å². The standard InChI is InChI=1S/C43H55N9O6/c1-27(2)33-24-47-52-38(21-37(49-41(33)52)45-23-30-17-18-44-25-36(30)53)46-22-28-11-13-31(14-12-28)48-39(54)10-3-4-19-58-20-6-8-29-7-5-9-32-34(29)26-51(43(32)57)35-15-16-40(55)50-42(35)56/h5,7,9,11-14,21,24,27,30,35-36,44,46,53H,3-4,6,8,10,15-20,22-23,25-26H2,1-2H3,(H,45,49)(H,48,54)(H,50,55,56)/t30-,35?,36+/m0/s1. The van der Waals surface area contributed by atoms with Gasteiger partial charge in [0.1, 0.15) is 17.7 Å². The molecule has 4 aromatic rings. The van der Waals surface area contributed by atoms with Gasteiger partial charge in [-0.25, -0.2) is 4.98 Å². The first kappa shape index (κ1) is 40.8. The fourth-order valence-electron chi connectivity index (χ4n) is 7.94. The number of carbonyl (C=O) groups excluding carboxylic acids is 4. The molecule has 4 amide bonds. The minimum atomic E-state index is -0.624. The van der Waals surface area contributed by atoms with Crippen LogP contribution in [-0.4, -0.2) is 93.2 Å². The second kappa shape index (κ2) is 18.9. The predicted octanol–water partition coefficient (Wildman–Crippen LogP) is 4.37. The summed E-state index contributed by atoms with van der Waals surface area (Å²) in [5, 5.41) is 30.6. The largest absolute Gasteiger partial charge is 0.391 e. The number of amides is 4. The Bertz CT molecular complexity index is 2100. The molecule has 5 heterocycles. The number of nitrogens with zero attached hydrogens (tertiary/aromatic N) is 4. The van der Waals surface area contributed by atoms with Crippen LogP contribution >= 0.6 is 0 Å². The summed E-state index contributed by atoms with van der Waals surface area (Å²) in [5.74, 6) is 1.05. The maximum absolute atomic E-state index is 13.1. The summed E-state index contributed by atoms with van der Waals surface area (Å²) >= 11 is 0. The number of aromatic nitrogens is 3. The molecule has 0 radical (unpaired) electrons. The fraction of sp³-hybridized carbons (Fsp3) is 0.488. The number of rotatable bonds is 18. The maximum atomic E-state index is 13.1. The lowest BCUT2D eigenvalue weighted by Gasteiger charge is -2.29. The van der Waals surface area contributed by atoms with Crippen molar-refractivity contribution in [2.24, 2.45) is 5.92 Å². The number of ether oxygens (including phenoxy) is 1. The van der Waals surface area contributed by atoms with E-state index in [4.69, 9.17) is 9.72 Å². The van der Waals surface area contributed by atoms with Crippen LogP contribution in [0.3, 0.4) is 0 Å². The number of hydrogen-bond acceptors (Lipinski definition) is 11. The molecule has 308 valence electrons. The topological polar surface area (TPSA) is 191 Å². The first-order valence-corrected chi connectivity index (χ1v) is 20.6. The van der Waals surface area contributed by atoms with Crippen LogP contribution in [0.1, 0.15) is 97.3 Å². The molecule has 6 N–H and O–H groups in total. The number of benzene rings is 2. The van der Waals surface area contributed by atoms with Crippen LogP contribution in [0.2, 0.25) is 0 Å². The Morgan fingerprint density at radius 1 is 1.03 bits per heavy atom. The lowest BCUT2D eigenvalue weighted by atomic mass is 9.95. The third-order valence-electron chi connectivity index (χ3n) is 11.3. The number of unbranched alkanes of at least 4 members (excludes halogenated alkanes) is 1. The van der Waals surface area contributed by atoms with Crippen molar-refractivity contribution in [2.45, 2.75) is 96.4 Å². The number of aryl methyl sites for hydroxylation is 1. The summed E-state index contributed by atoms with van der Waals surface area (Å²) in [5.41, 5.74) is 6.29. The highest BCUT2D eigenvalue weighted by atomic mass is 16.5. The van der Waals surface area contributed by atoms with Crippen LogP contribution < -0.4 is 26.6 Å². The van der Waals surface area contributed by atoms with Crippen molar-refractivity contribution in [1.29, 1.82) is 0 Å². The highest BCUT2D eigenvalue weighted by Gasteiger charge is 2.39. The minimum absolute atomic E-state index is 0.0411. The molecule has 0 spiro atoms. The van der Waals surface area contributed by atoms with E-state index in [1.165, 1.54) is 0 Å². The molecule has 58 heavy (non-hydrogen) atoms. The molecule has 2 aromatic heterocycles. The van der Waals surface area contributed by atoms with Crippen molar-refractivity contribution >= 4 is 46.6 Å². The lowest BCUT2D eigenvalue weighted by molar-refractivity contribution is -0.137. The quantitative estimate of drug-likeness (QED) is 0.0620. The summed E-state index contributed by atoms with van der Waals surface area (Å²) in [7, 11) is 0. The number of aliphatic hydroxyl groups is 1. The lowest BCUT2D eigenvalue weighted by Crippen LogP contribution is -2.52. The zero-order valence-electron chi connectivity index (χ0n) is 33.4. The van der Waals surface area contributed by atoms with Gasteiger partial charge in [0.25, 0.3) is 5.91 Å². The Morgan fingerprint density at radius 3 is 2.66 bits per heavy atom. The molecule has 3 atom stereocenters. The maximum Gasteiger partial charge on any atom is 0.255 e. The molecule has 15 heteroatoms. The molecule has 2 fully saturated rings. The van der Waals surface area contributed by atoms with Gasteiger partial charge in [0.2, 0.25) is 17.7 Å². The van der Waals surface area contributed by atoms with Gasteiger partial charge in [-0.1, -0.05) is 38.1 Å². The summed E-state index contributed by atoms with van der Waals surface area (Å²) in [6.07, 6.45) is 6.37. The normalized spacial score (nSPS) is 19.4. The van der Waals surface area contributed by atoms with Crippen LogP contribution in [0.4, 0.5) is 17.3 Å². The number of anilines is 3. The molecule has 3 aliphatic heterocycles. The smallest absolute Gasteiger partial charge is 0.255 e. The SMILES string of the molecule is CC(C)c1cnn2c(NCc3ccc(NC(=O)CCCCOCCCc4cccc5c4CN(C4CCC(=O)NC4=O)C5=O)cc3)cc(NC[C@@H]3CCNC[C@H]3O)nc12. The first-order valence-electron chi connectivity index (χ1n) is 20.6. The van der Waals surface area contributed by atoms with E-state index in [2.05, 4.69) is 45.5 Å². The Balaban J connectivity index is 0.809. The molecule has 15 nitrogen and oxygen atoms in total. The molecule has 1 unspecified atom stereocenters. The zero-order valence-corrected chi connectivity index (χ0v) is 33.4. The molecule has 3 aliphatic rings. The second-order valence-electron chi connectivity index (χ2n) is 15.8. The van der Waals surface area contributed by atoms with E-state index in [1.54, 1.807) is 11.0 Å². The minimum Gasteiger partial charge on any atom is -0.391 e. The van der Waals surface area contributed by atoms with Crippen LogP contribution in [0, 0.1) is 5.92 Å². The molecule has 0 aliphatic carbocycles. The van der Waals surface area contributed by atoms with E-state index in [0.717, 1.165) is 77.5 Å². The van der Waals surface area contributed by atoms with E-state index in [0.29, 0.717) is 64.2 Å². The molecule has 2 saturated heterocycles. The highest BCUT2D eigenvalue weighted by Crippen LogP contribution is 2.31. The van der Waals surface area contributed by atoms with Crippen LogP contribution in [0.15, 0.2) is 54.7 Å². The Labute approximate surface area is 338 Å². The molecular formula is C43H55N9O6. The van der Waals surface area contributed by atoms with Gasteiger partial charge in [-0.15, -0.1) is 0 Å². The highest BCUT2D eigenvalue weighted by molar-refractivity contribution is 6.05. The average molecular weight is 794 g/mol. The molecule has 7 rings (SSSR count). The number of fused-ring (bicyclic) bond motifs is 2. The van der Waals surface area contributed by atoms with Crippen molar-refractivity contribution < 1.29 is 29.0 Å². The number of imide groups is 1. The van der Waals surface area contributed by atoms with E-state index in [-0.39, 0.29) is 42.1 Å². The number of carbonyl (C=O) groups is 4. The average Bonchev–Trinajstić information content (AvgIpc) is 3.80. The predicted molar refractivity (Wildman–Crippen MR) is 220 cm³/mol. The van der Waals surface area contributed by atoms with Gasteiger partial charge in [0, 0.05) is 81.0 Å². The Kier molecular flexibility index (Phi) is 13.3. The number of hydrogen-bond donors (Lipinski definition) is 6. The van der Waals surface area contributed by atoms with Crippen LogP contribution in [-0.2, 0) is 38.6 Å². The number of β-amino-alcohol motifs (C(OH)–C–C–N with tert-alkyl or cyclic N) is 1. The number of aliphatic hydroxyl groups excluding tert-OH is 1. The molecule has 0 bridgehead atoms. The summed E-state index contributed by atoms with van der Waals surface area (Å²) in [6.45, 7) is 8.44. The van der Waals surface area contributed by atoms with Crippen molar-refractivity contribution in [1.82, 2.24) is 30.1 Å². The van der Waals surface area contributed by atoms with Gasteiger partial charge in [-0.3, -0.25) is 24.5 Å². The third kappa shape index (κ3) is 9.83. The van der Waals surface area contributed by atoms with E-state index in [9.17, 15) is 24.3 Å². The number of piperidine rings is 2. The third-order valence-corrected chi connectivity index (χ3v) is 11.3. The molecule has 2 aromatic carbocycles. The van der Waals surface area contributed by atoms with Crippen molar-refractivity contribution in [3.05, 3.63) is 82.5 Å². The van der Waals surface area contributed by atoms with Gasteiger partial charge >= 0.3 is 0 Å². The van der Waals surface area contributed by atoms with Gasteiger partial charge < -0.3 is 36.0 Å². The second-order valence-corrected chi connectivity index (χ2v) is 15.8. The fourth-order valence-corrected chi connectivity index (χ4v) is 7.94. The van der Waals surface area contributed by atoms with Gasteiger partial charge in [-0.05, 0) is 85.9 Å². The first-order chi connectivity index (χ1) is 28.1. The summed E-state index contributed by atoms with van der Waals surface area (Å²) < 4.78 is 7.70. The monoisotopic (exact) mass is 793 g/mol. The summed E-state index contributed by atoms with van der Waals surface area (Å²) in [6, 6.07) is 14.8. The van der Waals surface area contributed by atoms with E-state index < -0.39 is 11.9 Å². The van der Waals surface area contributed by atoms with Crippen molar-refractivity contribution in [2.75, 3.05) is 48.8 Å². The van der Waals surface area contributed by atoms with Gasteiger partial charge in [-0.2, -0.15) is 9.61 Å². The number of nitrogens with one attached hydrogen (secondary N) is 5. The Hall–Kier alpha value is -5.38.